The van der Waals surface area contributed by atoms with E-state index in [1.807, 2.05) is 18.2 Å². The molecule has 0 saturated heterocycles. The predicted octanol–water partition coefficient (Wildman–Crippen LogP) is 4.98. The zero-order valence-corrected chi connectivity index (χ0v) is 11.7. The van der Waals surface area contributed by atoms with E-state index in [1.165, 1.54) is 11.1 Å². The summed E-state index contributed by atoms with van der Waals surface area (Å²) in [6.07, 6.45) is 2.02. The quantitative estimate of drug-likeness (QED) is 0.677. The predicted molar refractivity (Wildman–Crippen MR) is 79.5 cm³/mol. The fourth-order valence-electron chi connectivity index (χ4n) is 2.08. The van der Waals surface area contributed by atoms with Crippen LogP contribution in [0, 0.1) is 5.92 Å². The first kappa shape index (κ1) is 13.5. The van der Waals surface area contributed by atoms with Gasteiger partial charge in [0.25, 0.3) is 0 Å². The minimum absolute atomic E-state index is 0.468. The Morgan fingerprint density at radius 1 is 0.778 bits per heavy atom. The van der Waals surface area contributed by atoms with Crippen LogP contribution in [0.4, 0.5) is 0 Å². The summed E-state index contributed by atoms with van der Waals surface area (Å²) < 4.78 is 0. The van der Waals surface area contributed by atoms with Crippen molar-refractivity contribution in [2.45, 2.75) is 12.8 Å². The largest absolute Gasteiger partial charge is 0.126 e. The highest BCUT2D eigenvalue weighted by molar-refractivity contribution is 6.30. The molecule has 0 heterocycles. The molecule has 18 heavy (non-hydrogen) atoms. The van der Waals surface area contributed by atoms with Gasteiger partial charge in [0.05, 0.1) is 0 Å². The molecule has 0 spiro atoms. The molecule has 2 aromatic carbocycles. The number of rotatable bonds is 5. The van der Waals surface area contributed by atoms with Crippen LogP contribution in [0.25, 0.3) is 0 Å². The Bertz CT molecular complexity index is 462. The molecular formula is C16H16Cl2. The Kier molecular flexibility index (Phi) is 5.10. The topological polar surface area (TPSA) is 0 Å². The van der Waals surface area contributed by atoms with Crippen molar-refractivity contribution >= 4 is 23.2 Å². The Balaban J connectivity index is 1.99. The van der Waals surface area contributed by atoms with Gasteiger partial charge in [0.2, 0.25) is 0 Å². The molecule has 0 aliphatic carbocycles. The van der Waals surface area contributed by atoms with Crippen LogP contribution in [0.15, 0.2) is 54.6 Å². The summed E-state index contributed by atoms with van der Waals surface area (Å²) in [6, 6.07) is 18.5. The van der Waals surface area contributed by atoms with E-state index < -0.39 is 0 Å². The second-order valence-corrected chi connectivity index (χ2v) is 5.29. The van der Waals surface area contributed by atoms with Gasteiger partial charge in [-0.2, -0.15) is 0 Å². The second-order valence-electron chi connectivity index (χ2n) is 4.54. The lowest BCUT2D eigenvalue weighted by atomic mass is 9.94. The van der Waals surface area contributed by atoms with Crippen LogP contribution in [-0.2, 0) is 12.8 Å². The molecule has 0 aliphatic rings. The summed E-state index contributed by atoms with van der Waals surface area (Å²) in [4.78, 5) is 0. The third kappa shape index (κ3) is 4.04. The molecule has 0 aliphatic heterocycles. The molecule has 1 unspecified atom stereocenters. The Hall–Kier alpha value is -0.980. The molecule has 0 radical (unpaired) electrons. The Morgan fingerprint density at radius 2 is 1.33 bits per heavy atom. The van der Waals surface area contributed by atoms with Gasteiger partial charge in [0.1, 0.15) is 0 Å². The smallest absolute Gasteiger partial charge is 0.0406 e. The summed E-state index contributed by atoms with van der Waals surface area (Å²) in [6.45, 7) is 0. The number of benzene rings is 2. The van der Waals surface area contributed by atoms with E-state index in [-0.39, 0.29) is 0 Å². The van der Waals surface area contributed by atoms with Crippen molar-refractivity contribution in [3.8, 4) is 0 Å². The molecule has 0 N–H and O–H groups in total. The van der Waals surface area contributed by atoms with E-state index in [1.54, 1.807) is 0 Å². The van der Waals surface area contributed by atoms with Crippen molar-refractivity contribution in [3.05, 3.63) is 70.7 Å². The molecule has 2 heteroatoms. The molecule has 94 valence electrons. The molecular weight excluding hydrogens is 263 g/mol. The van der Waals surface area contributed by atoms with Crippen LogP contribution in [0.3, 0.4) is 0 Å². The normalized spacial score (nSPS) is 12.3. The fraction of sp³-hybridized carbons (Fsp3) is 0.250. The second kappa shape index (κ2) is 6.82. The lowest BCUT2D eigenvalue weighted by Gasteiger charge is -2.14. The fourth-order valence-corrected chi connectivity index (χ4v) is 2.43. The SMILES string of the molecule is ClCC(Cc1ccccc1)Cc1ccc(Cl)cc1. The number of hydrogen-bond donors (Lipinski definition) is 0. The first-order valence-corrected chi connectivity index (χ1v) is 7.03. The highest BCUT2D eigenvalue weighted by Gasteiger charge is 2.09. The van der Waals surface area contributed by atoms with Gasteiger partial charge < -0.3 is 0 Å². The number of hydrogen-bond acceptors (Lipinski definition) is 0. The van der Waals surface area contributed by atoms with Crippen molar-refractivity contribution in [2.24, 2.45) is 5.92 Å². The maximum Gasteiger partial charge on any atom is 0.0406 e. The van der Waals surface area contributed by atoms with E-state index in [0.29, 0.717) is 11.8 Å². The summed E-state index contributed by atoms with van der Waals surface area (Å²) >= 11 is 12.0. The summed E-state index contributed by atoms with van der Waals surface area (Å²) in [5.74, 6) is 1.15. The highest BCUT2D eigenvalue weighted by Crippen LogP contribution is 2.18. The maximum atomic E-state index is 6.07. The third-order valence-electron chi connectivity index (χ3n) is 3.02. The van der Waals surface area contributed by atoms with Crippen LogP contribution < -0.4 is 0 Å². The van der Waals surface area contributed by atoms with E-state index in [0.717, 1.165) is 17.9 Å². The first-order chi connectivity index (χ1) is 8.78. The highest BCUT2D eigenvalue weighted by atomic mass is 35.5. The van der Waals surface area contributed by atoms with Gasteiger partial charge in [-0.25, -0.2) is 0 Å². The van der Waals surface area contributed by atoms with Gasteiger partial charge in [0, 0.05) is 10.9 Å². The maximum absolute atomic E-state index is 6.07. The zero-order chi connectivity index (χ0) is 12.8. The monoisotopic (exact) mass is 278 g/mol. The van der Waals surface area contributed by atoms with Crippen LogP contribution in [0.2, 0.25) is 5.02 Å². The lowest BCUT2D eigenvalue weighted by molar-refractivity contribution is 0.584. The van der Waals surface area contributed by atoms with Crippen molar-refractivity contribution in [2.75, 3.05) is 5.88 Å². The standard InChI is InChI=1S/C16H16Cl2/c17-12-15(10-13-4-2-1-3-5-13)11-14-6-8-16(18)9-7-14/h1-9,15H,10-12H2. The average molecular weight is 279 g/mol. The first-order valence-electron chi connectivity index (χ1n) is 6.12. The van der Waals surface area contributed by atoms with Gasteiger partial charge in [-0.3, -0.25) is 0 Å². The molecule has 0 aromatic heterocycles. The van der Waals surface area contributed by atoms with Crippen molar-refractivity contribution in [1.29, 1.82) is 0 Å². The summed E-state index contributed by atoms with van der Waals surface area (Å²) in [5, 5.41) is 0.782. The molecule has 1 atom stereocenters. The molecule has 0 fully saturated rings. The summed E-state index contributed by atoms with van der Waals surface area (Å²) in [7, 11) is 0. The van der Waals surface area contributed by atoms with E-state index in [2.05, 4.69) is 36.4 Å². The molecule has 0 amide bonds. The van der Waals surface area contributed by atoms with Crippen LogP contribution in [-0.4, -0.2) is 5.88 Å². The van der Waals surface area contributed by atoms with Crippen LogP contribution >= 0.6 is 23.2 Å². The van der Waals surface area contributed by atoms with Crippen LogP contribution in [0.5, 0.6) is 0 Å². The Morgan fingerprint density at radius 3 is 1.89 bits per heavy atom. The van der Waals surface area contributed by atoms with Gasteiger partial charge in [-0.1, -0.05) is 54.1 Å². The van der Waals surface area contributed by atoms with Crippen molar-refractivity contribution < 1.29 is 0 Å². The van der Waals surface area contributed by atoms with Crippen molar-refractivity contribution in [1.82, 2.24) is 0 Å². The van der Waals surface area contributed by atoms with Crippen molar-refractivity contribution in [3.63, 3.8) is 0 Å². The lowest BCUT2D eigenvalue weighted by Crippen LogP contribution is -2.10. The zero-order valence-electron chi connectivity index (χ0n) is 10.2. The number of halogens is 2. The van der Waals surface area contributed by atoms with E-state index >= 15 is 0 Å². The molecule has 0 saturated carbocycles. The van der Waals surface area contributed by atoms with Crippen LogP contribution in [0.1, 0.15) is 11.1 Å². The van der Waals surface area contributed by atoms with Gasteiger partial charge in [-0.15, -0.1) is 11.6 Å². The average Bonchev–Trinajstić information content (AvgIpc) is 2.41. The summed E-state index contributed by atoms with van der Waals surface area (Å²) in [5.41, 5.74) is 2.64. The molecule has 0 nitrogen and oxygen atoms in total. The van der Waals surface area contributed by atoms with Gasteiger partial charge in [-0.05, 0) is 42.0 Å². The number of alkyl halides is 1. The molecule has 2 rings (SSSR count). The van der Waals surface area contributed by atoms with E-state index in [9.17, 15) is 0 Å². The molecule has 0 bridgehead atoms. The Labute approximate surface area is 119 Å². The van der Waals surface area contributed by atoms with E-state index in [4.69, 9.17) is 23.2 Å². The minimum atomic E-state index is 0.468. The van der Waals surface area contributed by atoms with Gasteiger partial charge in [0.15, 0.2) is 0 Å². The molecule has 2 aromatic rings. The third-order valence-corrected chi connectivity index (χ3v) is 3.71. The minimum Gasteiger partial charge on any atom is -0.126 e. The van der Waals surface area contributed by atoms with Gasteiger partial charge >= 0.3 is 0 Å².